The molecule has 0 saturated carbocycles. The Balaban J connectivity index is 0.000000321. The number of alkyl halides is 2. The monoisotopic (exact) mass is 1980 g/mol. The van der Waals surface area contributed by atoms with Gasteiger partial charge < -0.3 is 59.1 Å². The number of nitrogens with one attached hydrogen (secondary N) is 2. The molecule has 0 aliphatic carbocycles. The number of fused-ring (bicyclic) bond motifs is 5. The molecule has 28 nitrogen and oxygen atoms in total. The van der Waals surface area contributed by atoms with E-state index >= 15 is 0 Å². The van der Waals surface area contributed by atoms with Crippen molar-refractivity contribution in [1.82, 2.24) is 63.7 Å². The Bertz CT molecular complexity index is 5500. The van der Waals surface area contributed by atoms with E-state index in [2.05, 4.69) is 89.1 Å². The zero-order valence-corrected chi connectivity index (χ0v) is 87.6. The molecule has 0 spiro atoms. The second-order valence-corrected chi connectivity index (χ2v) is 28.4. The van der Waals surface area contributed by atoms with Crippen LogP contribution in [0, 0.1) is 0 Å². The van der Waals surface area contributed by atoms with Gasteiger partial charge in [-0.25, -0.2) is 9.59 Å². The van der Waals surface area contributed by atoms with Gasteiger partial charge in [-0.2, -0.15) is 10.2 Å². The molecular weight excluding hydrogens is 1880 g/mol. The maximum absolute atomic E-state index is 13.3. The smallest absolute Gasteiger partial charge is 0.850 e. The standard InChI is InChI=1S/C30H28N6O2.C17H14N2O3.C14H20N4O.C11H9NO3.C6H6BrN.C4H8O.C4H9O.CH3F.CH2O3.2Cs.K/c1-34(2)15-8-16-36-25-13-6-4-11-22(25)28(33-36)27-26(29(37)32-30(27)38)23-19-35(18-20-9-7-14-31-17-20)24-12-5-3-10-21(23)24;1-22-17(21)16(20)14-11-19(10-12-5-4-8-18-9-12)15-7-3-2-6-13(14)15;1-17(2)8-5-9-18-13-7-4-3-6-11(13)12(16-18)10-14(15)19;1-15-11(14)10(13)8-6-12-9-5-3-2-4-7(8)9;7-4-6-2-1-3-8-5-6;1-2-4-5-3-1;1-4(2,3)5;1-2;2-1-4-3;;;/h3-7,9-14,17,19H,8,15-16,18H2,1-2H3,(H,32,37,38);2-9,11H,10H2,1H3;3-4,6-7H,5,8-10H2,1-2H3,(H2,15,19);2-6,12H,1H3;1-3,5H,4H2;1-4H2;1-3H3;1H3;1,3H;;;/q;;;;;;-1;;;;2*+1/p-1/i;;;;;;;1D;;;;. The molecule has 4 N–H and O–H groups in total. The van der Waals surface area contributed by atoms with E-state index in [1.165, 1.54) is 38.8 Å². The number of aromatic amines is 1. The van der Waals surface area contributed by atoms with Crippen LogP contribution in [0.1, 0.15) is 102 Å². The Morgan fingerprint density at radius 3 is 1.50 bits per heavy atom. The van der Waals surface area contributed by atoms with Crippen LogP contribution in [0.3, 0.4) is 0 Å². The molecule has 13 aromatic rings. The number of nitrogens with two attached hydrogens (primary N) is 1. The molecule has 15 rings (SSSR count). The Kier molecular flexibility index (Phi) is 48.6. The first-order chi connectivity index (χ1) is 57.3. The number of H-pyrrole nitrogens is 1. The van der Waals surface area contributed by atoms with Crippen molar-refractivity contribution in [3.8, 4) is 0 Å². The number of amides is 3. The van der Waals surface area contributed by atoms with Gasteiger partial charge in [-0.1, -0.05) is 146 Å². The van der Waals surface area contributed by atoms with Crippen molar-refractivity contribution in [2.45, 2.75) is 90.0 Å². The largest absolute Gasteiger partial charge is 1.00 e. The van der Waals surface area contributed by atoms with Gasteiger partial charge in [0.1, 0.15) is 5.69 Å². The fraction of sp³-hybridized carbons (Fsp3) is 0.284. The molecule has 2 aliphatic rings. The molecule has 0 atom stereocenters. The van der Waals surface area contributed by atoms with Gasteiger partial charge in [-0.3, -0.25) is 62.8 Å². The molecule has 3 amide bonds. The van der Waals surface area contributed by atoms with Crippen molar-refractivity contribution < 1.29 is 194 Å². The van der Waals surface area contributed by atoms with Gasteiger partial charge >= 0.3 is 132 Å². The van der Waals surface area contributed by atoms with E-state index < -0.39 is 48.1 Å². The molecule has 8 aromatic heterocycles. The van der Waals surface area contributed by atoms with E-state index in [0.29, 0.717) is 53.2 Å². The van der Waals surface area contributed by atoms with Gasteiger partial charge in [0.25, 0.3) is 29.9 Å². The number of Topliss-reactive ketones (excluding diaryl/α,β-unsaturated/α-hetero) is 2. The van der Waals surface area contributed by atoms with E-state index in [9.17, 15) is 43.1 Å². The van der Waals surface area contributed by atoms with Crippen LogP contribution in [0.25, 0.3) is 65.7 Å². The molecule has 10 heterocycles. The number of halogens is 2. The number of methoxy groups -OCH3 is 2. The van der Waals surface area contributed by atoms with Crippen molar-refractivity contribution in [1.29, 1.82) is 0 Å². The summed E-state index contributed by atoms with van der Waals surface area (Å²) >= 11 is 3.32. The van der Waals surface area contributed by atoms with E-state index in [-0.39, 0.29) is 208 Å². The van der Waals surface area contributed by atoms with Crippen molar-refractivity contribution >= 4 is 198 Å². The predicted molar refractivity (Wildman–Crippen MR) is 457 cm³/mol. The van der Waals surface area contributed by atoms with Crippen molar-refractivity contribution in [3.63, 3.8) is 0 Å². The van der Waals surface area contributed by atoms with Crippen LogP contribution >= 0.6 is 15.9 Å². The number of ketones is 2. The average molecular weight is 1980 g/mol. The van der Waals surface area contributed by atoms with Crippen LogP contribution in [0.2, 0.25) is 0 Å². The average Bonchev–Trinajstić information content (AvgIpc) is 1.58. The van der Waals surface area contributed by atoms with Crippen molar-refractivity contribution in [3.05, 3.63) is 258 Å². The van der Waals surface area contributed by atoms with Crippen LogP contribution < -0.4 is 142 Å². The summed E-state index contributed by atoms with van der Waals surface area (Å²) in [5.74, 6) is -4.13. The van der Waals surface area contributed by atoms with Crippen LogP contribution in [0.4, 0.5) is 4.39 Å². The normalized spacial score (nSPS) is 11.7. The van der Waals surface area contributed by atoms with Crippen LogP contribution in [-0.2, 0) is 85.8 Å². The molecular formula is C88H98BrCs2FKN14O14. The summed E-state index contributed by atoms with van der Waals surface area (Å²) in [7, 11) is 9.59. The third-order valence-corrected chi connectivity index (χ3v) is 18.1. The Morgan fingerprint density at radius 1 is 0.620 bits per heavy atom. The molecule has 0 unspecified atom stereocenters. The number of benzene rings is 5. The van der Waals surface area contributed by atoms with Crippen LogP contribution in [-0.4, -0.2) is 256 Å². The summed E-state index contributed by atoms with van der Waals surface area (Å²) in [5, 5.41) is 35.6. The molecule has 0 bridgehead atoms. The summed E-state index contributed by atoms with van der Waals surface area (Å²) < 4.78 is 37.3. The number of hydrogen-bond acceptors (Lipinski definition) is 21. The quantitative estimate of drug-likeness (QED) is 0.00967. The molecule has 33 heteroatoms. The number of carbonyl (C=O) groups is 8. The summed E-state index contributed by atoms with van der Waals surface area (Å²) in [5.41, 5.74) is 15.9. The topological polar surface area (TPSA) is 364 Å². The molecule has 5 aromatic carbocycles. The minimum atomic E-state index is -1.00. The minimum Gasteiger partial charge on any atom is -0.850 e. The van der Waals surface area contributed by atoms with E-state index in [0.717, 1.165) is 122 Å². The number of hydrogen-bond donors (Lipinski definition) is 3. The van der Waals surface area contributed by atoms with Gasteiger partial charge in [-0.15, -0.1) is 5.60 Å². The first-order valence-corrected chi connectivity index (χ1v) is 38.6. The SMILES string of the molecule is BrCc1cccnc1.C1CCOC1.CC(C)(C)[O-].CN(C)CCCn1nc(C2=C(c3cn(Cc4cccnc4)c4ccccc34)C(=O)NC2=O)c2ccccc21.CN(C)CCCn1nc(CC(N)=O)c2ccccc21.COC(=O)C(=O)c1c[nH]c2ccccc12.COC(=O)C(=O)c1cn(Cc2cccnc2)c2ccccc12.O=CO[O-].[2H]CF.[Cs+].[Cs].[K+]. The zero-order chi connectivity index (χ0) is 86.4. The molecule has 121 heavy (non-hydrogen) atoms. The molecule has 621 valence electrons. The molecule has 1 saturated heterocycles. The molecule has 1 fully saturated rings. The summed E-state index contributed by atoms with van der Waals surface area (Å²) in [6.07, 6.45) is 20.5. The first kappa shape index (κ1) is 105. The summed E-state index contributed by atoms with van der Waals surface area (Å²) in [4.78, 5) is 115. The number of nitrogens with zero attached hydrogens (tertiary/aromatic N) is 11. The van der Waals surface area contributed by atoms with Crippen LogP contribution in [0.15, 0.2) is 213 Å². The third kappa shape index (κ3) is 33.2. The number of imide groups is 1. The summed E-state index contributed by atoms with van der Waals surface area (Å²) in [6.45, 7) is 11.4. The maximum atomic E-state index is 13.3. The number of ether oxygens (including phenoxy) is 3. The van der Waals surface area contributed by atoms with E-state index in [1.54, 1.807) is 57.8 Å². The number of carbonyl (C=O) groups excluding carboxylic acids is 8. The first-order valence-electron chi connectivity index (χ1n) is 38.1. The second-order valence-electron chi connectivity index (χ2n) is 27.9. The molecule has 1 radical (unpaired) electrons. The zero-order valence-electron chi connectivity index (χ0n) is 71.4. The van der Waals surface area contributed by atoms with E-state index in [4.69, 9.17) is 27.0 Å². The Morgan fingerprint density at radius 2 is 1.04 bits per heavy atom. The number of primary amides is 1. The fourth-order valence-corrected chi connectivity index (χ4v) is 12.7. The van der Waals surface area contributed by atoms with Gasteiger partial charge in [0.15, 0.2) is 0 Å². The van der Waals surface area contributed by atoms with Crippen LogP contribution in [0.5, 0.6) is 0 Å². The molecule has 2 aliphatic heterocycles. The van der Waals surface area contributed by atoms with Gasteiger partial charge in [0.2, 0.25) is 5.91 Å². The van der Waals surface area contributed by atoms with Gasteiger partial charge in [-0.05, 0) is 132 Å². The maximum Gasteiger partial charge on any atom is 1.00 e. The predicted octanol–water partition coefficient (Wildman–Crippen LogP) is 4.50. The number of rotatable bonds is 22. The minimum absolute atomic E-state index is 0. The summed E-state index contributed by atoms with van der Waals surface area (Å²) in [6, 6.07) is 50.3. The van der Waals surface area contributed by atoms with Crippen molar-refractivity contribution in [2.75, 3.05) is 75.9 Å². The second kappa shape index (κ2) is 56.2. The van der Waals surface area contributed by atoms with E-state index in [1.807, 2.05) is 198 Å². The Hall–Kier alpha value is -6.84. The Labute approximate surface area is 872 Å². The number of aromatic nitrogens is 10. The number of aryl methyl sites for hydroxylation is 2. The third-order valence-electron chi connectivity index (χ3n) is 17.4. The fourth-order valence-electron chi connectivity index (χ4n) is 12.3. The number of pyridine rings is 3. The van der Waals surface area contributed by atoms with Crippen molar-refractivity contribution in [2.24, 2.45) is 5.73 Å². The van der Waals surface area contributed by atoms with Gasteiger partial charge in [0, 0.05) is 218 Å². The van der Waals surface area contributed by atoms with Gasteiger partial charge in [0.05, 0.1) is 68.2 Å². The number of esters is 2. The number of para-hydroxylation sites is 5.